The summed E-state index contributed by atoms with van der Waals surface area (Å²) in [5.41, 5.74) is 11.6. The maximum Gasteiger partial charge on any atom is 0.0693 e. The molecule has 2 fully saturated rings. The highest BCUT2D eigenvalue weighted by Crippen LogP contribution is 2.38. The largest absolute Gasteiger partial charge is 0.355 e. The fraction of sp³-hybridized carbons (Fsp3) is 0.375. The second kappa shape index (κ2) is 9.24. The number of aromatic nitrogens is 4. The number of rotatable bonds is 2. The Labute approximate surface area is 212 Å². The molecule has 3 aromatic rings. The molecule has 4 heteroatoms. The van der Waals surface area contributed by atoms with Crippen LogP contribution < -0.4 is 0 Å². The van der Waals surface area contributed by atoms with E-state index in [1.54, 1.807) is 0 Å². The zero-order valence-corrected chi connectivity index (χ0v) is 20.9. The molecular formula is C32H34N4. The van der Waals surface area contributed by atoms with Crippen LogP contribution in [0.15, 0.2) is 36.4 Å². The van der Waals surface area contributed by atoms with E-state index in [1.807, 2.05) is 0 Å². The molecule has 0 radical (unpaired) electrons. The molecule has 0 aromatic carbocycles. The smallest absolute Gasteiger partial charge is 0.0693 e. The van der Waals surface area contributed by atoms with Crippen molar-refractivity contribution in [1.82, 2.24) is 19.9 Å². The van der Waals surface area contributed by atoms with Crippen LogP contribution in [0, 0.1) is 0 Å². The van der Waals surface area contributed by atoms with Gasteiger partial charge in [-0.05, 0) is 98.2 Å². The predicted octanol–water partition coefficient (Wildman–Crippen LogP) is 8.75. The average molecular weight is 475 g/mol. The van der Waals surface area contributed by atoms with Crippen molar-refractivity contribution in [1.29, 1.82) is 0 Å². The van der Waals surface area contributed by atoms with E-state index in [0.29, 0.717) is 11.8 Å². The zero-order valence-electron chi connectivity index (χ0n) is 20.9. The highest BCUT2D eigenvalue weighted by molar-refractivity contribution is 5.81. The summed E-state index contributed by atoms with van der Waals surface area (Å²) in [6.45, 7) is 0. The average Bonchev–Trinajstić information content (AvgIpc) is 3.72. The van der Waals surface area contributed by atoms with Gasteiger partial charge in [0, 0.05) is 33.2 Å². The van der Waals surface area contributed by atoms with Crippen molar-refractivity contribution in [2.24, 2.45) is 0 Å². The molecule has 2 aliphatic carbocycles. The normalized spacial score (nSPS) is 18.7. The van der Waals surface area contributed by atoms with Gasteiger partial charge in [-0.3, -0.25) is 0 Å². The molecule has 7 rings (SSSR count). The molecule has 0 amide bonds. The van der Waals surface area contributed by atoms with Crippen molar-refractivity contribution in [3.05, 3.63) is 70.3 Å². The Bertz CT molecular complexity index is 1390. The van der Waals surface area contributed by atoms with Crippen molar-refractivity contribution >= 4 is 46.4 Å². The minimum Gasteiger partial charge on any atom is -0.355 e. The zero-order chi connectivity index (χ0) is 23.9. The lowest BCUT2D eigenvalue weighted by Gasteiger charge is -2.22. The topological polar surface area (TPSA) is 57.4 Å². The van der Waals surface area contributed by atoms with Gasteiger partial charge in [-0.25, -0.2) is 9.97 Å². The number of fused-ring (bicyclic) bond motifs is 8. The van der Waals surface area contributed by atoms with E-state index in [-0.39, 0.29) is 0 Å². The van der Waals surface area contributed by atoms with E-state index in [0.717, 1.165) is 33.8 Å². The molecule has 8 bridgehead atoms. The molecule has 4 aliphatic rings. The minimum absolute atomic E-state index is 0.556. The summed E-state index contributed by atoms with van der Waals surface area (Å²) in [6, 6.07) is 13.3. The first-order valence-electron chi connectivity index (χ1n) is 13.9. The highest BCUT2D eigenvalue weighted by Gasteiger charge is 2.23. The first-order chi connectivity index (χ1) is 17.8. The Balaban J connectivity index is 1.49. The second-order valence-electron chi connectivity index (χ2n) is 11.0. The summed E-state index contributed by atoms with van der Waals surface area (Å²) in [4.78, 5) is 17.7. The number of hydrogen-bond acceptors (Lipinski definition) is 2. The summed E-state index contributed by atoms with van der Waals surface area (Å²) in [6.07, 6.45) is 21.6. The number of hydrogen-bond donors (Lipinski definition) is 2. The van der Waals surface area contributed by atoms with Crippen molar-refractivity contribution in [2.45, 2.75) is 76.0 Å². The quantitative estimate of drug-likeness (QED) is 0.269. The van der Waals surface area contributed by atoms with Gasteiger partial charge >= 0.3 is 0 Å². The summed E-state index contributed by atoms with van der Waals surface area (Å²) in [5.74, 6) is 1.11. The third-order valence-corrected chi connectivity index (χ3v) is 8.51. The molecule has 36 heavy (non-hydrogen) atoms. The summed E-state index contributed by atoms with van der Waals surface area (Å²) >= 11 is 0. The molecule has 5 heterocycles. The van der Waals surface area contributed by atoms with Gasteiger partial charge in [-0.2, -0.15) is 0 Å². The Morgan fingerprint density at radius 1 is 0.528 bits per heavy atom. The predicted molar refractivity (Wildman–Crippen MR) is 151 cm³/mol. The minimum atomic E-state index is 0.556. The van der Waals surface area contributed by atoms with Crippen LogP contribution in [0.4, 0.5) is 0 Å². The van der Waals surface area contributed by atoms with Gasteiger partial charge in [0.05, 0.1) is 22.8 Å². The fourth-order valence-electron chi connectivity index (χ4n) is 6.76. The Morgan fingerprint density at radius 3 is 1.47 bits per heavy atom. The number of H-pyrrole nitrogens is 2. The van der Waals surface area contributed by atoms with Crippen LogP contribution in [-0.2, 0) is 0 Å². The monoisotopic (exact) mass is 474 g/mol. The van der Waals surface area contributed by atoms with E-state index >= 15 is 0 Å². The van der Waals surface area contributed by atoms with E-state index in [1.165, 1.54) is 86.4 Å². The van der Waals surface area contributed by atoms with Gasteiger partial charge in [0.2, 0.25) is 0 Å². The standard InChI is InChI=1S/C32H34N4/c1-3-7-21(8-4-1)31-27-15-11-23(33-27)19-25-13-17-29(35-25)32(22-9-5-2-6-10-22)30-18-14-26(36-30)20-24-12-16-28(31)34-24/h11-22,33,35H,1-10H2. The van der Waals surface area contributed by atoms with Gasteiger partial charge in [0.25, 0.3) is 0 Å². The first-order valence-corrected chi connectivity index (χ1v) is 13.9. The van der Waals surface area contributed by atoms with Crippen LogP contribution >= 0.6 is 0 Å². The van der Waals surface area contributed by atoms with Gasteiger partial charge in [0.15, 0.2) is 0 Å². The van der Waals surface area contributed by atoms with Crippen LogP contribution in [0.25, 0.3) is 46.4 Å². The lowest BCUT2D eigenvalue weighted by Crippen LogP contribution is -2.06. The van der Waals surface area contributed by atoms with Crippen LogP contribution in [0.1, 0.15) is 110 Å². The number of aromatic amines is 2. The van der Waals surface area contributed by atoms with Crippen LogP contribution in [0.5, 0.6) is 0 Å². The Morgan fingerprint density at radius 2 is 1.00 bits per heavy atom. The summed E-state index contributed by atoms with van der Waals surface area (Å²) in [7, 11) is 0. The lowest BCUT2D eigenvalue weighted by atomic mass is 9.83. The maximum atomic E-state index is 5.11. The van der Waals surface area contributed by atoms with Gasteiger partial charge in [-0.15, -0.1) is 0 Å². The van der Waals surface area contributed by atoms with Crippen LogP contribution in [0.3, 0.4) is 0 Å². The molecule has 3 aromatic heterocycles. The van der Waals surface area contributed by atoms with Gasteiger partial charge in [0.1, 0.15) is 0 Å². The van der Waals surface area contributed by atoms with E-state index in [9.17, 15) is 0 Å². The summed E-state index contributed by atoms with van der Waals surface area (Å²) < 4.78 is 0. The molecule has 2 saturated carbocycles. The first kappa shape index (κ1) is 21.8. The van der Waals surface area contributed by atoms with Crippen molar-refractivity contribution in [3.8, 4) is 0 Å². The van der Waals surface area contributed by atoms with Gasteiger partial charge in [-0.1, -0.05) is 38.5 Å². The van der Waals surface area contributed by atoms with Gasteiger partial charge < -0.3 is 9.97 Å². The fourth-order valence-corrected chi connectivity index (χ4v) is 6.76. The maximum absolute atomic E-state index is 5.11. The molecule has 0 saturated heterocycles. The molecule has 2 N–H and O–H groups in total. The second-order valence-corrected chi connectivity index (χ2v) is 11.0. The molecular weight excluding hydrogens is 440 g/mol. The SMILES string of the molecule is C1=Cc2nc1cc1nc(c(C3CCCCC3)c3ccc(cc4ccc([nH]4)c2C2CCCCC2)[nH]3)C=C1. The van der Waals surface area contributed by atoms with Crippen molar-refractivity contribution in [2.75, 3.05) is 0 Å². The van der Waals surface area contributed by atoms with Crippen molar-refractivity contribution < 1.29 is 0 Å². The highest BCUT2D eigenvalue weighted by atomic mass is 14.8. The third-order valence-electron chi connectivity index (χ3n) is 8.51. The van der Waals surface area contributed by atoms with E-state index in [2.05, 4.69) is 70.7 Å². The van der Waals surface area contributed by atoms with E-state index in [4.69, 9.17) is 9.97 Å². The molecule has 2 aliphatic heterocycles. The summed E-state index contributed by atoms with van der Waals surface area (Å²) in [5, 5.41) is 0. The van der Waals surface area contributed by atoms with E-state index < -0.39 is 0 Å². The Hall–Kier alpha value is -3.40. The molecule has 0 atom stereocenters. The van der Waals surface area contributed by atoms with Crippen molar-refractivity contribution in [3.63, 3.8) is 0 Å². The van der Waals surface area contributed by atoms with Crippen LogP contribution in [-0.4, -0.2) is 19.9 Å². The molecule has 182 valence electrons. The van der Waals surface area contributed by atoms with Crippen LogP contribution in [0.2, 0.25) is 0 Å². The Kier molecular flexibility index (Phi) is 5.61. The molecule has 0 spiro atoms. The number of nitrogens with one attached hydrogen (secondary N) is 2. The molecule has 4 nitrogen and oxygen atoms in total. The third kappa shape index (κ3) is 4.13. The molecule has 0 unspecified atom stereocenters. The lowest BCUT2D eigenvalue weighted by molar-refractivity contribution is 0.444. The number of nitrogens with zero attached hydrogens (tertiary/aromatic N) is 2.